The number of hydrogen-bond acceptors (Lipinski definition) is 4. The summed E-state index contributed by atoms with van der Waals surface area (Å²) in [5.41, 5.74) is 2.79. The van der Waals surface area contributed by atoms with Gasteiger partial charge in [-0.2, -0.15) is 0 Å². The van der Waals surface area contributed by atoms with Gasteiger partial charge in [0.05, 0.1) is 0 Å². The van der Waals surface area contributed by atoms with E-state index < -0.39 is 7.12 Å². The van der Waals surface area contributed by atoms with E-state index in [-0.39, 0.29) is 18.9 Å². The Labute approximate surface area is 130 Å². The molecular weight excluding hydrogens is 279 g/mol. The molecule has 114 valence electrons. The van der Waals surface area contributed by atoms with E-state index in [0.717, 1.165) is 16.7 Å². The van der Waals surface area contributed by atoms with E-state index in [0.29, 0.717) is 12.8 Å². The second kappa shape index (κ2) is 8.36. The molecule has 5 heteroatoms. The highest BCUT2D eigenvalue weighted by Gasteiger charge is 2.09. The SMILES string of the molecule is O=C(CCc1cccc(CB(O)O)c1)OCc1ccccc1. The van der Waals surface area contributed by atoms with Gasteiger partial charge in [0.1, 0.15) is 6.61 Å². The fourth-order valence-corrected chi connectivity index (χ4v) is 2.18. The second-order valence-corrected chi connectivity index (χ2v) is 5.15. The van der Waals surface area contributed by atoms with Crippen LogP contribution in [0, 0.1) is 0 Å². The lowest BCUT2D eigenvalue weighted by molar-refractivity contribution is -0.144. The number of benzene rings is 2. The first-order valence-corrected chi connectivity index (χ1v) is 7.27. The molecule has 0 aliphatic carbocycles. The zero-order valence-corrected chi connectivity index (χ0v) is 12.3. The van der Waals surface area contributed by atoms with Gasteiger partial charge in [-0.3, -0.25) is 4.79 Å². The molecule has 0 spiro atoms. The van der Waals surface area contributed by atoms with E-state index in [1.54, 1.807) is 0 Å². The molecule has 0 radical (unpaired) electrons. The molecule has 2 aromatic rings. The fourth-order valence-electron chi connectivity index (χ4n) is 2.18. The Morgan fingerprint density at radius 1 is 0.955 bits per heavy atom. The summed E-state index contributed by atoms with van der Waals surface area (Å²) in [5, 5.41) is 17.9. The van der Waals surface area contributed by atoms with Crippen LogP contribution in [-0.4, -0.2) is 23.1 Å². The highest BCUT2D eigenvalue weighted by atomic mass is 16.5. The van der Waals surface area contributed by atoms with Gasteiger partial charge >= 0.3 is 13.1 Å². The van der Waals surface area contributed by atoms with Crippen LogP contribution in [0.25, 0.3) is 0 Å². The highest BCUT2D eigenvalue weighted by Crippen LogP contribution is 2.10. The van der Waals surface area contributed by atoms with Gasteiger partial charge in [-0.1, -0.05) is 54.6 Å². The fraction of sp³-hybridized carbons (Fsp3) is 0.235. The van der Waals surface area contributed by atoms with Crippen molar-refractivity contribution in [3.8, 4) is 0 Å². The smallest absolute Gasteiger partial charge is 0.456 e. The summed E-state index contributed by atoms with van der Waals surface area (Å²) >= 11 is 0. The minimum Gasteiger partial charge on any atom is -0.461 e. The average Bonchev–Trinajstić information content (AvgIpc) is 2.52. The predicted octanol–water partition coefficient (Wildman–Crippen LogP) is 1.92. The molecule has 2 N–H and O–H groups in total. The average molecular weight is 298 g/mol. The van der Waals surface area contributed by atoms with Gasteiger partial charge in [0.15, 0.2) is 0 Å². The molecule has 0 saturated heterocycles. The maximum atomic E-state index is 11.8. The third-order valence-corrected chi connectivity index (χ3v) is 3.27. The molecule has 0 aliphatic rings. The van der Waals surface area contributed by atoms with Crippen molar-refractivity contribution in [2.75, 3.05) is 0 Å². The summed E-state index contributed by atoms with van der Waals surface area (Å²) in [6, 6.07) is 17.0. The largest absolute Gasteiger partial charge is 0.461 e. The molecule has 0 aromatic heterocycles. The van der Waals surface area contributed by atoms with Crippen molar-refractivity contribution in [1.82, 2.24) is 0 Å². The molecule has 2 rings (SSSR count). The van der Waals surface area contributed by atoms with Gasteiger partial charge < -0.3 is 14.8 Å². The summed E-state index contributed by atoms with van der Waals surface area (Å²) < 4.78 is 5.23. The van der Waals surface area contributed by atoms with Crippen molar-refractivity contribution in [2.45, 2.75) is 25.8 Å². The van der Waals surface area contributed by atoms with E-state index in [4.69, 9.17) is 14.8 Å². The number of hydrogen-bond donors (Lipinski definition) is 2. The van der Waals surface area contributed by atoms with Gasteiger partial charge in [-0.15, -0.1) is 0 Å². The van der Waals surface area contributed by atoms with Crippen molar-refractivity contribution < 1.29 is 19.6 Å². The molecule has 0 unspecified atom stereocenters. The molecule has 0 atom stereocenters. The van der Waals surface area contributed by atoms with Gasteiger partial charge in [0, 0.05) is 12.7 Å². The second-order valence-electron chi connectivity index (χ2n) is 5.15. The predicted molar refractivity (Wildman–Crippen MR) is 84.9 cm³/mol. The number of esters is 1. The van der Waals surface area contributed by atoms with Crippen molar-refractivity contribution >= 4 is 13.1 Å². The molecule has 22 heavy (non-hydrogen) atoms. The van der Waals surface area contributed by atoms with E-state index in [9.17, 15) is 4.79 Å². The Hall–Kier alpha value is -2.11. The zero-order valence-electron chi connectivity index (χ0n) is 12.3. The van der Waals surface area contributed by atoms with E-state index >= 15 is 0 Å². The van der Waals surface area contributed by atoms with Crippen LogP contribution in [0.5, 0.6) is 0 Å². The van der Waals surface area contributed by atoms with Crippen LogP contribution in [0.2, 0.25) is 0 Å². The van der Waals surface area contributed by atoms with Gasteiger partial charge in [-0.25, -0.2) is 0 Å². The third-order valence-electron chi connectivity index (χ3n) is 3.27. The Kier molecular flexibility index (Phi) is 6.19. The molecule has 0 fully saturated rings. The van der Waals surface area contributed by atoms with Crippen molar-refractivity contribution in [2.24, 2.45) is 0 Å². The topological polar surface area (TPSA) is 66.8 Å². The maximum absolute atomic E-state index is 11.8. The maximum Gasteiger partial charge on any atom is 0.456 e. The molecule has 0 saturated carbocycles. The normalized spacial score (nSPS) is 10.3. The van der Waals surface area contributed by atoms with Crippen LogP contribution < -0.4 is 0 Å². The number of aryl methyl sites for hydroxylation is 1. The van der Waals surface area contributed by atoms with E-state index in [2.05, 4.69) is 0 Å². The number of ether oxygens (including phenoxy) is 1. The van der Waals surface area contributed by atoms with E-state index in [1.807, 2.05) is 54.6 Å². The Bertz CT molecular complexity index is 599. The monoisotopic (exact) mass is 298 g/mol. The first-order valence-electron chi connectivity index (χ1n) is 7.27. The van der Waals surface area contributed by atoms with Crippen molar-refractivity contribution in [3.63, 3.8) is 0 Å². The number of carbonyl (C=O) groups is 1. The van der Waals surface area contributed by atoms with Gasteiger partial charge in [0.25, 0.3) is 0 Å². The Balaban J connectivity index is 1.78. The number of carbonyl (C=O) groups excluding carboxylic acids is 1. The molecule has 2 aromatic carbocycles. The third kappa shape index (κ3) is 5.72. The van der Waals surface area contributed by atoms with Crippen LogP contribution in [0.15, 0.2) is 54.6 Å². The van der Waals surface area contributed by atoms with Gasteiger partial charge in [-0.05, 0) is 23.1 Å². The first kappa shape index (κ1) is 16.3. The van der Waals surface area contributed by atoms with Crippen LogP contribution in [-0.2, 0) is 28.9 Å². The summed E-state index contributed by atoms with van der Waals surface area (Å²) in [4.78, 5) is 11.8. The van der Waals surface area contributed by atoms with Crippen LogP contribution in [0.3, 0.4) is 0 Å². The molecule has 0 amide bonds. The summed E-state index contributed by atoms with van der Waals surface area (Å²) in [5.74, 6) is -0.239. The van der Waals surface area contributed by atoms with Crippen molar-refractivity contribution in [3.05, 3.63) is 71.3 Å². The minimum atomic E-state index is -1.36. The van der Waals surface area contributed by atoms with Crippen LogP contribution in [0.1, 0.15) is 23.1 Å². The summed E-state index contributed by atoms with van der Waals surface area (Å²) in [6.07, 6.45) is 1.06. The molecule has 0 aliphatic heterocycles. The minimum absolute atomic E-state index is 0.187. The van der Waals surface area contributed by atoms with Gasteiger partial charge in [0.2, 0.25) is 0 Å². The lowest BCUT2D eigenvalue weighted by Crippen LogP contribution is -2.15. The quantitative estimate of drug-likeness (QED) is 0.605. The van der Waals surface area contributed by atoms with E-state index in [1.165, 1.54) is 0 Å². The lowest BCUT2D eigenvalue weighted by Gasteiger charge is -2.06. The van der Waals surface area contributed by atoms with Crippen molar-refractivity contribution in [1.29, 1.82) is 0 Å². The highest BCUT2D eigenvalue weighted by molar-refractivity contribution is 6.40. The van der Waals surface area contributed by atoms with Crippen LogP contribution in [0.4, 0.5) is 0 Å². The lowest BCUT2D eigenvalue weighted by atomic mass is 9.81. The number of rotatable bonds is 7. The summed E-state index contributed by atoms with van der Waals surface area (Å²) in [7, 11) is -1.36. The standard InChI is InChI=1S/C17H19BO4/c19-17(22-13-15-5-2-1-3-6-15)10-9-14-7-4-8-16(11-14)12-18(20)21/h1-8,11,20-21H,9-10,12-13H2. The molecular formula is C17H19BO4. The molecule has 0 bridgehead atoms. The first-order chi connectivity index (χ1) is 10.6. The Morgan fingerprint density at radius 3 is 2.36 bits per heavy atom. The molecule has 4 nitrogen and oxygen atoms in total. The Morgan fingerprint density at radius 2 is 1.64 bits per heavy atom. The molecule has 0 heterocycles. The summed E-state index contributed by atoms with van der Waals surface area (Å²) in [6.45, 7) is 0.288. The van der Waals surface area contributed by atoms with Crippen LogP contribution >= 0.6 is 0 Å². The zero-order chi connectivity index (χ0) is 15.8.